The number of aromatic nitrogens is 2. The van der Waals surface area contributed by atoms with Gasteiger partial charge in [0.2, 0.25) is 0 Å². The first-order chi connectivity index (χ1) is 32.5. The molecule has 0 saturated carbocycles. The zero-order valence-electron chi connectivity index (χ0n) is 37.2. The molecule has 2 heterocycles. The van der Waals surface area contributed by atoms with E-state index in [-0.39, 0.29) is 11.3 Å². The number of allylic oxidation sites excluding steroid dienone is 9. The minimum Gasteiger partial charge on any atom is -0.313 e. The van der Waals surface area contributed by atoms with Gasteiger partial charge in [0.15, 0.2) is 0 Å². The molecule has 0 bridgehead atoms. The highest BCUT2D eigenvalue weighted by molar-refractivity contribution is 6.11. The first-order valence-corrected chi connectivity index (χ1v) is 23.4. The van der Waals surface area contributed by atoms with Crippen molar-refractivity contribution in [3.8, 4) is 33.6 Å². The average molecular weight is 845 g/mol. The van der Waals surface area contributed by atoms with E-state index in [0.717, 1.165) is 6.42 Å². The summed E-state index contributed by atoms with van der Waals surface area (Å²) in [5.41, 5.74) is 18.8. The lowest BCUT2D eigenvalue weighted by Crippen LogP contribution is -2.24. The first kappa shape index (κ1) is 38.5. The van der Waals surface area contributed by atoms with Crippen LogP contribution >= 0.6 is 0 Å². The number of para-hydroxylation sites is 1. The van der Waals surface area contributed by atoms with E-state index in [1.54, 1.807) is 0 Å². The largest absolute Gasteiger partial charge is 0.313 e. The lowest BCUT2D eigenvalue weighted by Gasteiger charge is -2.34. The van der Waals surface area contributed by atoms with Crippen LogP contribution in [0.2, 0.25) is 0 Å². The lowest BCUT2D eigenvalue weighted by molar-refractivity contribution is 0.454. The van der Waals surface area contributed by atoms with Crippen molar-refractivity contribution in [3.05, 3.63) is 247 Å². The van der Waals surface area contributed by atoms with Crippen molar-refractivity contribution in [3.63, 3.8) is 0 Å². The molecule has 0 aliphatic heterocycles. The molecule has 3 atom stereocenters. The Morgan fingerprint density at radius 2 is 1.17 bits per heavy atom. The minimum absolute atomic E-state index is 0.0239. The van der Waals surface area contributed by atoms with Crippen molar-refractivity contribution < 1.29 is 0 Å². The van der Waals surface area contributed by atoms with Crippen molar-refractivity contribution in [2.75, 3.05) is 0 Å². The van der Waals surface area contributed by atoms with Gasteiger partial charge in [-0.05, 0) is 122 Å². The number of nitrogens with zero attached hydrogens (tertiary/aromatic N) is 2. The predicted molar refractivity (Wildman–Crippen MR) is 280 cm³/mol. The van der Waals surface area contributed by atoms with E-state index >= 15 is 0 Å². The monoisotopic (exact) mass is 844 g/mol. The van der Waals surface area contributed by atoms with Crippen molar-refractivity contribution >= 4 is 60.7 Å². The molecule has 0 fully saturated rings. The molecule has 3 aliphatic rings. The van der Waals surface area contributed by atoms with E-state index in [2.05, 4.69) is 254 Å². The summed E-state index contributed by atoms with van der Waals surface area (Å²) in [5.74, 6) is 0.653. The minimum atomic E-state index is -0.0239. The number of fused-ring (bicyclic) bond motifs is 8. The molecule has 2 aromatic heterocycles. The maximum Gasteiger partial charge on any atom is 0.0547 e. The Bertz CT molecular complexity index is 3750. The summed E-state index contributed by atoms with van der Waals surface area (Å²) in [6, 6.07) is 67.6. The lowest BCUT2D eigenvalue weighted by atomic mass is 9.70. The fourth-order valence-electron chi connectivity index (χ4n) is 11.3. The molecule has 8 aromatic carbocycles. The van der Waals surface area contributed by atoms with Gasteiger partial charge in [-0.2, -0.15) is 0 Å². The van der Waals surface area contributed by atoms with Gasteiger partial charge < -0.3 is 9.13 Å². The van der Waals surface area contributed by atoms with Crippen LogP contribution in [0.1, 0.15) is 48.6 Å². The zero-order valence-corrected chi connectivity index (χ0v) is 37.2. The molecule has 0 N–H and O–H groups in total. The van der Waals surface area contributed by atoms with E-state index in [1.807, 2.05) is 0 Å². The SMILES string of the molecule is CC1CC(c2ccc3c4cc(C5=CC6(C)C=CC=CC6C=C5)ccc4n(-c4ccccc4)c3c2)=Cc2c1n(-c1cccc(-c3ccc4ccccc4c3)c1)c1cc(-c3ccccc3)ccc21. The average Bonchev–Trinajstić information content (AvgIpc) is 3.88. The Balaban J connectivity index is 0.969. The van der Waals surface area contributed by atoms with E-state index in [4.69, 9.17) is 0 Å². The van der Waals surface area contributed by atoms with Gasteiger partial charge in [0.05, 0.1) is 16.6 Å². The van der Waals surface area contributed by atoms with Crippen LogP contribution in [0.25, 0.3) is 94.3 Å². The van der Waals surface area contributed by atoms with E-state index < -0.39 is 0 Å². The molecule has 66 heavy (non-hydrogen) atoms. The summed E-state index contributed by atoms with van der Waals surface area (Å²) in [7, 11) is 0. The maximum absolute atomic E-state index is 2.56. The second kappa shape index (κ2) is 15.1. The van der Waals surface area contributed by atoms with Crippen LogP contribution < -0.4 is 0 Å². The van der Waals surface area contributed by atoms with Gasteiger partial charge in [-0.1, -0.05) is 184 Å². The highest BCUT2D eigenvalue weighted by Crippen LogP contribution is 2.47. The number of hydrogen-bond donors (Lipinski definition) is 0. The molecule has 0 radical (unpaired) electrons. The molecule has 3 unspecified atom stereocenters. The van der Waals surface area contributed by atoms with Crippen LogP contribution in [0.3, 0.4) is 0 Å². The summed E-state index contributed by atoms with van der Waals surface area (Å²) in [5, 5.41) is 6.34. The molecule has 2 heteroatoms. The fraction of sp³-hybridized carbons (Fsp3) is 0.0938. The van der Waals surface area contributed by atoms with Gasteiger partial charge in [0, 0.05) is 56.0 Å². The van der Waals surface area contributed by atoms with Gasteiger partial charge in [-0.15, -0.1) is 0 Å². The standard InChI is InChI=1S/C64H48N2/c1-42-34-52(50-27-30-56-58-37-48(51-25-29-53-19-11-12-33-64(53,2)41-51)28-32-60(58)65(61(56)40-50)54-20-7-4-8-21-54)38-59-57-31-26-49(43-14-5-3-6-15-43)39-62(57)66(63(42)59)55-22-13-18-46(36-55)47-24-23-44-16-9-10-17-45(44)35-47/h3-33,35-42,53H,34H2,1-2H3. The normalized spacial score (nSPS) is 18.8. The maximum atomic E-state index is 2.56. The van der Waals surface area contributed by atoms with E-state index in [0.29, 0.717) is 5.92 Å². The van der Waals surface area contributed by atoms with E-state index in [1.165, 1.54) is 111 Å². The van der Waals surface area contributed by atoms with Gasteiger partial charge in [-0.25, -0.2) is 0 Å². The third-order valence-corrected chi connectivity index (χ3v) is 14.7. The molecule has 0 spiro atoms. The Morgan fingerprint density at radius 1 is 0.485 bits per heavy atom. The van der Waals surface area contributed by atoms with Crippen LogP contribution in [-0.4, -0.2) is 9.13 Å². The third-order valence-electron chi connectivity index (χ3n) is 14.7. The number of hydrogen-bond acceptors (Lipinski definition) is 0. The highest BCUT2D eigenvalue weighted by Gasteiger charge is 2.31. The van der Waals surface area contributed by atoms with Crippen molar-refractivity contribution in [1.29, 1.82) is 0 Å². The van der Waals surface area contributed by atoms with Crippen LogP contribution in [0.5, 0.6) is 0 Å². The third kappa shape index (κ3) is 6.24. The number of benzene rings is 8. The Labute approximate surface area is 386 Å². The Hall–Kier alpha value is -7.94. The fourth-order valence-corrected chi connectivity index (χ4v) is 11.3. The predicted octanol–water partition coefficient (Wildman–Crippen LogP) is 17.0. The summed E-state index contributed by atoms with van der Waals surface area (Å²) in [6.07, 6.45) is 19.6. The molecule has 13 rings (SSSR count). The Kier molecular flexibility index (Phi) is 8.80. The molecule has 10 aromatic rings. The molecule has 2 nitrogen and oxygen atoms in total. The second-order valence-electron chi connectivity index (χ2n) is 18.8. The molecule has 314 valence electrons. The van der Waals surface area contributed by atoms with Gasteiger partial charge in [0.25, 0.3) is 0 Å². The topological polar surface area (TPSA) is 9.86 Å². The molecule has 0 saturated heterocycles. The summed E-state index contributed by atoms with van der Waals surface area (Å²) in [4.78, 5) is 0. The van der Waals surface area contributed by atoms with Crippen molar-refractivity contribution in [2.45, 2.75) is 26.2 Å². The van der Waals surface area contributed by atoms with Crippen LogP contribution in [0.15, 0.2) is 225 Å². The van der Waals surface area contributed by atoms with Gasteiger partial charge in [0.1, 0.15) is 0 Å². The molecular weight excluding hydrogens is 797 g/mol. The van der Waals surface area contributed by atoms with Crippen LogP contribution in [0, 0.1) is 11.3 Å². The smallest absolute Gasteiger partial charge is 0.0547 e. The summed E-state index contributed by atoms with van der Waals surface area (Å²) >= 11 is 0. The number of rotatable bonds is 6. The van der Waals surface area contributed by atoms with Crippen LogP contribution in [0.4, 0.5) is 0 Å². The summed E-state index contributed by atoms with van der Waals surface area (Å²) < 4.78 is 5.03. The van der Waals surface area contributed by atoms with Gasteiger partial charge >= 0.3 is 0 Å². The molecule has 3 aliphatic carbocycles. The van der Waals surface area contributed by atoms with E-state index in [9.17, 15) is 0 Å². The van der Waals surface area contributed by atoms with Crippen molar-refractivity contribution in [1.82, 2.24) is 9.13 Å². The first-order valence-electron chi connectivity index (χ1n) is 23.4. The van der Waals surface area contributed by atoms with Crippen LogP contribution in [-0.2, 0) is 0 Å². The quantitative estimate of drug-likeness (QED) is 0.158. The molecule has 0 amide bonds. The zero-order chi connectivity index (χ0) is 43.9. The molecular formula is C64H48N2. The van der Waals surface area contributed by atoms with Crippen molar-refractivity contribution in [2.24, 2.45) is 11.3 Å². The highest BCUT2D eigenvalue weighted by atomic mass is 15.0. The second-order valence-corrected chi connectivity index (χ2v) is 18.8. The van der Waals surface area contributed by atoms with Gasteiger partial charge in [-0.3, -0.25) is 0 Å². The Morgan fingerprint density at radius 3 is 2.05 bits per heavy atom. The summed E-state index contributed by atoms with van der Waals surface area (Å²) in [6.45, 7) is 4.76.